The molecule has 0 aromatic heterocycles. The first kappa shape index (κ1) is 12.8. The van der Waals surface area contributed by atoms with E-state index in [0.29, 0.717) is 24.3 Å². The van der Waals surface area contributed by atoms with Gasteiger partial charge in [0.1, 0.15) is 5.78 Å². The number of carbonyl (C=O) groups is 1. The molecule has 2 heterocycles. The molecule has 1 aromatic carbocycles. The standard InChI is InChI=1S/C16H21NO2/c18-15-10-16(14-6-8-19-9-7-14)17(12-15)11-13-4-2-1-3-5-13/h1-5,14,16H,6-12H2. The molecule has 19 heavy (non-hydrogen) atoms. The van der Waals surface area contributed by atoms with Gasteiger partial charge in [0.2, 0.25) is 0 Å². The highest BCUT2D eigenvalue weighted by Crippen LogP contribution is 2.30. The van der Waals surface area contributed by atoms with E-state index < -0.39 is 0 Å². The van der Waals surface area contributed by atoms with Crippen molar-refractivity contribution >= 4 is 5.78 Å². The van der Waals surface area contributed by atoms with Crippen molar-refractivity contribution in [2.24, 2.45) is 5.92 Å². The number of hydrogen-bond acceptors (Lipinski definition) is 3. The number of carbonyl (C=O) groups excluding carboxylic acids is 1. The minimum atomic E-state index is 0.396. The minimum absolute atomic E-state index is 0.396. The van der Waals surface area contributed by atoms with Crippen LogP contribution in [0.5, 0.6) is 0 Å². The molecule has 0 saturated carbocycles. The van der Waals surface area contributed by atoms with Gasteiger partial charge in [-0.1, -0.05) is 30.3 Å². The van der Waals surface area contributed by atoms with Crippen LogP contribution >= 0.6 is 0 Å². The van der Waals surface area contributed by atoms with Crippen molar-refractivity contribution in [2.75, 3.05) is 19.8 Å². The Kier molecular flexibility index (Phi) is 3.95. The van der Waals surface area contributed by atoms with Crippen LogP contribution in [0.2, 0.25) is 0 Å². The number of hydrogen-bond donors (Lipinski definition) is 0. The highest BCUT2D eigenvalue weighted by molar-refractivity contribution is 5.83. The van der Waals surface area contributed by atoms with Gasteiger partial charge in [-0.3, -0.25) is 9.69 Å². The molecule has 2 fully saturated rings. The zero-order chi connectivity index (χ0) is 13.1. The fourth-order valence-corrected chi connectivity index (χ4v) is 3.33. The fourth-order valence-electron chi connectivity index (χ4n) is 3.33. The number of Topliss-reactive ketones (excluding diaryl/α,β-unsaturated/α-hetero) is 1. The molecule has 1 unspecified atom stereocenters. The summed E-state index contributed by atoms with van der Waals surface area (Å²) in [4.78, 5) is 14.2. The molecule has 0 amide bonds. The van der Waals surface area contributed by atoms with E-state index in [9.17, 15) is 4.79 Å². The maximum absolute atomic E-state index is 11.8. The summed E-state index contributed by atoms with van der Waals surface area (Å²) >= 11 is 0. The summed E-state index contributed by atoms with van der Waals surface area (Å²) in [6.07, 6.45) is 2.93. The maximum atomic E-state index is 11.8. The van der Waals surface area contributed by atoms with Gasteiger partial charge in [0, 0.05) is 32.2 Å². The molecule has 2 saturated heterocycles. The molecule has 3 rings (SSSR count). The number of ether oxygens (including phenoxy) is 1. The normalized spacial score (nSPS) is 25.9. The van der Waals surface area contributed by atoms with Gasteiger partial charge in [-0.15, -0.1) is 0 Å². The van der Waals surface area contributed by atoms with E-state index >= 15 is 0 Å². The second kappa shape index (κ2) is 5.85. The van der Waals surface area contributed by atoms with Crippen molar-refractivity contribution in [3.8, 4) is 0 Å². The number of ketones is 1. The van der Waals surface area contributed by atoms with Crippen LogP contribution in [0.3, 0.4) is 0 Å². The van der Waals surface area contributed by atoms with E-state index in [1.54, 1.807) is 0 Å². The van der Waals surface area contributed by atoms with Gasteiger partial charge in [-0.2, -0.15) is 0 Å². The second-order valence-electron chi connectivity index (χ2n) is 5.65. The molecule has 3 nitrogen and oxygen atoms in total. The van der Waals surface area contributed by atoms with Gasteiger partial charge >= 0.3 is 0 Å². The molecule has 1 atom stereocenters. The lowest BCUT2D eigenvalue weighted by molar-refractivity contribution is -0.117. The van der Waals surface area contributed by atoms with E-state index in [1.807, 2.05) is 6.07 Å². The third-order valence-corrected chi connectivity index (χ3v) is 4.32. The number of likely N-dealkylation sites (tertiary alicyclic amines) is 1. The summed E-state index contributed by atoms with van der Waals surface area (Å²) in [6, 6.07) is 10.9. The first-order valence-corrected chi connectivity index (χ1v) is 7.20. The van der Waals surface area contributed by atoms with Crippen molar-refractivity contribution in [3.63, 3.8) is 0 Å². The van der Waals surface area contributed by atoms with Crippen molar-refractivity contribution in [2.45, 2.75) is 31.8 Å². The van der Waals surface area contributed by atoms with Crippen LogP contribution in [-0.4, -0.2) is 36.5 Å². The van der Waals surface area contributed by atoms with Crippen molar-refractivity contribution in [1.29, 1.82) is 0 Å². The molecule has 0 N–H and O–H groups in total. The minimum Gasteiger partial charge on any atom is -0.381 e. The molecule has 1 aromatic rings. The monoisotopic (exact) mass is 259 g/mol. The van der Waals surface area contributed by atoms with Crippen molar-refractivity contribution < 1.29 is 9.53 Å². The van der Waals surface area contributed by atoms with Crippen molar-refractivity contribution in [1.82, 2.24) is 4.90 Å². The summed E-state index contributed by atoms with van der Waals surface area (Å²) in [5, 5.41) is 0. The fraction of sp³-hybridized carbons (Fsp3) is 0.562. The van der Waals surface area contributed by atoms with E-state index in [4.69, 9.17) is 4.74 Å². The SMILES string of the molecule is O=C1CC(C2CCOCC2)N(Cc2ccccc2)C1. The summed E-state index contributed by atoms with van der Waals surface area (Å²) in [5.74, 6) is 1.02. The van der Waals surface area contributed by atoms with Gasteiger partial charge in [0.05, 0.1) is 6.54 Å². The molecule has 2 aliphatic heterocycles. The average molecular weight is 259 g/mol. The van der Waals surface area contributed by atoms with Crippen LogP contribution in [0.1, 0.15) is 24.8 Å². The van der Waals surface area contributed by atoms with Crippen LogP contribution in [0.15, 0.2) is 30.3 Å². The lowest BCUT2D eigenvalue weighted by Gasteiger charge is -2.33. The quantitative estimate of drug-likeness (QED) is 0.834. The first-order valence-electron chi connectivity index (χ1n) is 7.20. The molecule has 102 valence electrons. The Hall–Kier alpha value is -1.19. The summed E-state index contributed by atoms with van der Waals surface area (Å²) < 4.78 is 5.44. The van der Waals surface area contributed by atoms with Gasteiger partial charge < -0.3 is 4.74 Å². The van der Waals surface area contributed by atoms with Gasteiger partial charge in [0.25, 0.3) is 0 Å². The largest absolute Gasteiger partial charge is 0.381 e. The van der Waals surface area contributed by atoms with Crippen LogP contribution in [0, 0.1) is 5.92 Å². The number of nitrogens with zero attached hydrogens (tertiary/aromatic N) is 1. The lowest BCUT2D eigenvalue weighted by atomic mass is 9.90. The molecule has 0 radical (unpaired) electrons. The maximum Gasteiger partial charge on any atom is 0.148 e. The molecule has 0 aliphatic carbocycles. The Morgan fingerprint density at radius 1 is 1.16 bits per heavy atom. The third-order valence-electron chi connectivity index (χ3n) is 4.32. The molecule has 2 aliphatic rings. The molecule has 0 bridgehead atoms. The molecule has 3 heteroatoms. The van der Waals surface area contributed by atoms with Crippen LogP contribution < -0.4 is 0 Å². The number of benzene rings is 1. The Labute approximate surface area is 114 Å². The predicted octanol–water partition coefficient (Wildman–Crippen LogP) is 2.26. The zero-order valence-corrected chi connectivity index (χ0v) is 11.3. The molecular weight excluding hydrogens is 238 g/mol. The highest BCUT2D eigenvalue weighted by Gasteiger charge is 2.36. The average Bonchev–Trinajstić information content (AvgIpc) is 2.82. The lowest BCUT2D eigenvalue weighted by Crippen LogP contribution is -2.37. The topological polar surface area (TPSA) is 29.5 Å². The summed E-state index contributed by atoms with van der Waals surface area (Å²) in [7, 11) is 0. The Morgan fingerprint density at radius 2 is 1.89 bits per heavy atom. The van der Waals surface area contributed by atoms with Gasteiger partial charge in [-0.25, -0.2) is 0 Å². The summed E-state index contributed by atoms with van der Waals surface area (Å²) in [6.45, 7) is 3.23. The summed E-state index contributed by atoms with van der Waals surface area (Å²) in [5.41, 5.74) is 1.30. The third kappa shape index (κ3) is 3.04. The molecular formula is C16H21NO2. The van der Waals surface area contributed by atoms with Gasteiger partial charge in [-0.05, 0) is 24.3 Å². The zero-order valence-electron chi connectivity index (χ0n) is 11.3. The van der Waals surface area contributed by atoms with Crippen LogP contribution in [-0.2, 0) is 16.1 Å². The predicted molar refractivity (Wildman–Crippen MR) is 73.8 cm³/mol. The van der Waals surface area contributed by atoms with E-state index in [2.05, 4.69) is 29.2 Å². The Balaban J connectivity index is 1.69. The Bertz CT molecular complexity index is 426. The Morgan fingerprint density at radius 3 is 2.63 bits per heavy atom. The van der Waals surface area contributed by atoms with Crippen molar-refractivity contribution in [3.05, 3.63) is 35.9 Å². The highest BCUT2D eigenvalue weighted by atomic mass is 16.5. The number of rotatable bonds is 3. The van der Waals surface area contributed by atoms with Gasteiger partial charge in [0.15, 0.2) is 0 Å². The van der Waals surface area contributed by atoms with Crippen LogP contribution in [0.4, 0.5) is 0 Å². The molecule has 0 spiro atoms. The van der Waals surface area contributed by atoms with E-state index in [0.717, 1.165) is 39.0 Å². The van der Waals surface area contributed by atoms with Crippen LogP contribution in [0.25, 0.3) is 0 Å². The second-order valence-corrected chi connectivity index (χ2v) is 5.65. The van der Waals surface area contributed by atoms with E-state index in [-0.39, 0.29) is 0 Å². The van der Waals surface area contributed by atoms with E-state index in [1.165, 1.54) is 5.56 Å². The first-order chi connectivity index (χ1) is 9.33. The smallest absolute Gasteiger partial charge is 0.148 e.